The summed E-state index contributed by atoms with van der Waals surface area (Å²) in [6, 6.07) is 11.2. The van der Waals surface area contributed by atoms with E-state index in [9.17, 15) is 14.7 Å². The molecule has 0 saturated carbocycles. The zero-order valence-electron chi connectivity index (χ0n) is 15.0. The summed E-state index contributed by atoms with van der Waals surface area (Å²) >= 11 is 0. The highest BCUT2D eigenvalue weighted by atomic mass is 16.6. The fraction of sp³-hybridized carbons (Fsp3) is 0.400. The van der Waals surface area contributed by atoms with Crippen molar-refractivity contribution in [3.63, 3.8) is 0 Å². The van der Waals surface area contributed by atoms with Gasteiger partial charge in [-0.2, -0.15) is 0 Å². The highest BCUT2D eigenvalue weighted by Crippen LogP contribution is 2.41. The molecule has 2 aromatic rings. The van der Waals surface area contributed by atoms with Gasteiger partial charge in [0.2, 0.25) is 0 Å². The molecule has 6 nitrogen and oxygen atoms in total. The molecule has 3 rings (SSSR count). The molecular weight excluding hydrogens is 336 g/mol. The van der Waals surface area contributed by atoms with Crippen molar-refractivity contribution in [1.82, 2.24) is 0 Å². The number of aromatic hydroxyl groups is 1. The monoisotopic (exact) mass is 358 g/mol. The molecule has 0 bridgehead atoms. The second-order valence-electron chi connectivity index (χ2n) is 6.51. The molecule has 0 aliphatic carbocycles. The number of carbonyl (C=O) groups excluding carboxylic acids is 2. The zero-order chi connectivity index (χ0) is 18.8. The van der Waals surface area contributed by atoms with Gasteiger partial charge in [-0.3, -0.25) is 9.59 Å². The second-order valence-corrected chi connectivity index (χ2v) is 6.51. The molecule has 0 amide bonds. The lowest BCUT2D eigenvalue weighted by Crippen LogP contribution is -2.48. The minimum atomic E-state index is -0.690. The first kappa shape index (κ1) is 18.2. The van der Waals surface area contributed by atoms with E-state index in [1.807, 2.05) is 30.3 Å². The Labute approximate surface area is 151 Å². The van der Waals surface area contributed by atoms with E-state index in [-0.39, 0.29) is 12.2 Å². The normalized spacial score (nSPS) is 25.7. The molecule has 138 valence electrons. The maximum atomic E-state index is 11.5. The van der Waals surface area contributed by atoms with Crippen molar-refractivity contribution in [2.24, 2.45) is 0 Å². The van der Waals surface area contributed by atoms with Gasteiger partial charge in [-0.1, -0.05) is 30.3 Å². The zero-order valence-corrected chi connectivity index (χ0v) is 15.0. The molecule has 2 aromatic carbocycles. The summed E-state index contributed by atoms with van der Waals surface area (Å²) in [7, 11) is 0. The van der Waals surface area contributed by atoms with Gasteiger partial charge in [0, 0.05) is 25.8 Å². The summed E-state index contributed by atoms with van der Waals surface area (Å²) in [5.74, 6) is -0.801. The number of fused-ring (bicyclic) bond motifs is 1. The third kappa shape index (κ3) is 3.65. The van der Waals surface area contributed by atoms with Crippen LogP contribution in [0.15, 0.2) is 36.4 Å². The molecule has 1 heterocycles. The molecule has 26 heavy (non-hydrogen) atoms. The van der Waals surface area contributed by atoms with Gasteiger partial charge in [-0.25, -0.2) is 0 Å². The summed E-state index contributed by atoms with van der Waals surface area (Å²) in [6.45, 7) is 4.38. The van der Waals surface area contributed by atoms with Crippen molar-refractivity contribution in [2.75, 3.05) is 0 Å². The summed E-state index contributed by atoms with van der Waals surface area (Å²) in [5.41, 5.74) is 0.647. The highest BCUT2D eigenvalue weighted by molar-refractivity contribution is 5.88. The number of benzene rings is 2. The van der Waals surface area contributed by atoms with E-state index in [2.05, 4.69) is 0 Å². The van der Waals surface area contributed by atoms with Gasteiger partial charge >= 0.3 is 11.9 Å². The Balaban J connectivity index is 1.98. The van der Waals surface area contributed by atoms with Crippen LogP contribution >= 0.6 is 0 Å². The van der Waals surface area contributed by atoms with E-state index >= 15 is 0 Å². The Hall–Kier alpha value is -2.60. The molecule has 1 unspecified atom stereocenters. The molecule has 1 saturated heterocycles. The average Bonchev–Trinajstić information content (AvgIpc) is 2.57. The smallest absolute Gasteiger partial charge is 0.303 e. The van der Waals surface area contributed by atoms with Gasteiger partial charge in [0.15, 0.2) is 6.10 Å². The lowest BCUT2D eigenvalue weighted by Gasteiger charge is -2.39. The van der Waals surface area contributed by atoms with Crippen LogP contribution in [0.25, 0.3) is 10.8 Å². The van der Waals surface area contributed by atoms with E-state index in [1.165, 1.54) is 13.8 Å². The Morgan fingerprint density at radius 3 is 2.46 bits per heavy atom. The SMILES string of the molecule is CC(=O)O[C@@H]1C(C)O[C@@H](c2c(O)ccc3ccccc23)C[C@H]1OC(C)=O. The number of ether oxygens (including phenoxy) is 3. The Kier molecular flexibility index (Phi) is 5.13. The number of phenolic OH excluding ortho intramolecular Hbond substituents is 1. The fourth-order valence-corrected chi connectivity index (χ4v) is 3.54. The van der Waals surface area contributed by atoms with E-state index in [1.54, 1.807) is 13.0 Å². The summed E-state index contributed by atoms with van der Waals surface area (Å²) < 4.78 is 16.8. The van der Waals surface area contributed by atoms with E-state index in [4.69, 9.17) is 14.2 Å². The third-order valence-corrected chi connectivity index (χ3v) is 4.54. The van der Waals surface area contributed by atoms with Gasteiger partial charge in [0.1, 0.15) is 11.9 Å². The molecular formula is C20H22O6. The average molecular weight is 358 g/mol. The quantitative estimate of drug-likeness (QED) is 0.848. The molecule has 1 N–H and O–H groups in total. The van der Waals surface area contributed by atoms with Crippen LogP contribution in [0.5, 0.6) is 5.75 Å². The number of carbonyl (C=O) groups is 2. The standard InChI is InChI=1S/C20H22O6/c1-11-20(26-13(3)22)18(25-12(2)21)10-17(24-11)19-15-7-5-4-6-14(15)8-9-16(19)23/h4-9,11,17-18,20,23H,10H2,1-3H3/t11?,17-,18-,20-/m1/s1. The molecule has 0 aromatic heterocycles. The number of phenols is 1. The van der Waals surface area contributed by atoms with Crippen molar-refractivity contribution >= 4 is 22.7 Å². The molecule has 4 atom stereocenters. The van der Waals surface area contributed by atoms with Crippen molar-refractivity contribution in [3.05, 3.63) is 42.0 Å². The maximum absolute atomic E-state index is 11.5. The van der Waals surface area contributed by atoms with Gasteiger partial charge < -0.3 is 19.3 Å². The van der Waals surface area contributed by atoms with Gasteiger partial charge in [-0.05, 0) is 23.8 Å². The Bertz CT molecular complexity index is 830. The van der Waals surface area contributed by atoms with Crippen molar-refractivity contribution in [2.45, 2.75) is 51.6 Å². The molecule has 1 aliphatic heterocycles. The molecule has 0 spiro atoms. The summed E-state index contributed by atoms with van der Waals surface area (Å²) in [5, 5.41) is 12.3. The third-order valence-electron chi connectivity index (χ3n) is 4.54. The second kappa shape index (κ2) is 7.33. The summed E-state index contributed by atoms with van der Waals surface area (Å²) in [6.07, 6.45) is -2.05. The number of hydrogen-bond acceptors (Lipinski definition) is 6. The number of esters is 2. The van der Waals surface area contributed by atoms with Crippen LogP contribution in [-0.4, -0.2) is 35.4 Å². The van der Waals surface area contributed by atoms with Gasteiger partial charge in [0.25, 0.3) is 0 Å². The molecule has 0 radical (unpaired) electrons. The Morgan fingerprint density at radius 1 is 1.08 bits per heavy atom. The van der Waals surface area contributed by atoms with Crippen LogP contribution in [0.3, 0.4) is 0 Å². The van der Waals surface area contributed by atoms with Gasteiger partial charge in [0.05, 0.1) is 12.2 Å². The minimum absolute atomic E-state index is 0.119. The van der Waals surface area contributed by atoms with E-state index in [0.29, 0.717) is 5.56 Å². The van der Waals surface area contributed by atoms with Crippen LogP contribution in [0.1, 0.15) is 38.9 Å². The lowest BCUT2D eigenvalue weighted by atomic mass is 9.90. The first-order valence-electron chi connectivity index (χ1n) is 8.57. The highest BCUT2D eigenvalue weighted by Gasteiger charge is 2.42. The van der Waals surface area contributed by atoms with Crippen LogP contribution in [0, 0.1) is 0 Å². The molecule has 1 aliphatic rings. The number of hydrogen-bond donors (Lipinski definition) is 1. The largest absolute Gasteiger partial charge is 0.508 e. The lowest BCUT2D eigenvalue weighted by molar-refractivity contribution is -0.204. The fourth-order valence-electron chi connectivity index (χ4n) is 3.54. The molecule has 1 fully saturated rings. The van der Waals surface area contributed by atoms with Crippen LogP contribution in [0.4, 0.5) is 0 Å². The molecule has 6 heteroatoms. The van der Waals surface area contributed by atoms with Crippen LogP contribution < -0.4 is 0 Å². The van der Waals surface area contributed by atoms with Crippen molar-refractivity contribution in [3.8, 4) is 5.75 Å². The first-order valence-corrected chi connectivity index (χ1v) is 8.57. The van der Waals surface area contributed by atoms with Crippen molar-refractivity contribution in [1.29, 1.82) is 0 Å². The number of rotatable bonds is 3. The van der Waals surface area contributed by atoms with Crippen LogP contribution in [0.2, 0.25) is 0 Å². The first-order chi connectivity index (χ1) is 12.4. The van der Waals surface area contributed by atoms with E-state index < -0.39 is 36.4 Å². The van der Waals surface area contributed by atoms with E-state index in [0.717, 1.165) is 10.8 Å². The summed E-state index contributed by atoms with van der Waals surface area (Å²) in [4.78, 5) is 22.9. The topological polar surface area (TPSA) is 82.1 Å². The minimum Gasteiger partial charge on any atom is -0.508 e. The van der Waals surface area contributed by atoms with Crippen molar-refractivity contribution < 1.29 is 28.9 Å². The Morgan fingerprint density at radius 2 is 1.77 bits per heavy atom. The predicted octanol–water partition coefficient (Wildman–Crippen LogP) is 3.26. The predicted molar refractivity (Wildman–Crippen MR) is 94.6 cm³/mol. The maximum Gasteiger partial charge on any atom is 0.303 e. The van der Waals surface area contributed by atoms with Gasteiger partial charge in [-0.15, -0.1) is 0 Å². The van der Waals surface area contributed by atoms with Crippen LogP contribution in [-0.2, 0) is 23.8 Å².